The highest BCUT2D eigenvalue weighted by Crippen LogP contribution is 2.50. The molecule has 4 aromatic rings. The number of rotatable bonds is 2. The Morgan fingerprint density at radius 3 is 2.58 bits per heavy atom. The molecule has 1 aromatic heterocycles. The Kier molecular flexibility index (Phi) is 4.07. The SMILES string of the molecule is Fc1ccccc1[C@@H]1C2=C(Nc3ncnn31)c1ccccc1O[C@H]2c1ccc(Cl)cc1. The normalized spacial score (nSPS) is 19.0. The molecule has 0 spiro atoms. The summed E-state index contributed by atoms with van der Waals surface area (Å²) in [5, 5.41) is 8.46. The quantitative estimate of drug-likeness (QED) is 0.447. The molecule has 0 unspecified atom stereocenters. The van der Waals surface area contributed by atoms with Gasteiger partial charge in [-0.05, 0) is 35.9 Å². The molecular formula is C24H16ClFN4O. The molecule has 1 N–H and O–H groups in total. The number of hydrogen-bond donors (Lipinski definition) is 1. The fraction of sp³-hybridized carbons (Fsp3) is 0.0833. The molecule has 0 radical (unpaired) electrons. The van der Waals surface area contributed by atoms with E-state index in [9.17, 15) is 0 Å². The van der Waals surface area contributed by atoms with E-state index < -0.39 is 12.1 Å². The van der Waals surface area contributed by atoms with Gasteiger partial charge in [-0.1, -0.05) is 54.1 Å². The summed E-state index contributed by atoms with van der Waals surface area (Å²) in [5.74, 6) is 0.990. The van der Waals surface area contributed by atoms with Gasteiger partial charge in [0.05, 0.1) is 5.70 Å². The molecule has 7 heteroatoms. The fourth-order valence-corrected chi connectivity index (χ4v) is 4.45. The Morgan fingerprint density at radius 2 is 1.74 bits per heavy atom. The highest BCUT2D eigenvalue weighted by molar-refractivity contribution is 6.30. The van der Waals surface area contributed by atoms with Crippen molar-refractivity contribution in [2.45, 2.75) is 12.1 Å². The molecule has 5 nitrogen and oxygen atoms in total. The van der Waals surface area contributed by atoms with Crippen molar-refractivity contribution >= 4 is 23.2 Å². The van der Waals surface area contributed by atoms with Crippen LogP contribution in [0.25, 0.3) is 5.70 Å². The molecule has 0 fully saturated rings. The Balaban J connectivity index is 1.65. The average Bonchev–Trinajstić information content (AvgIpc) is 3.27. The van der Waals surface area contributed by atoms with Crippen LogP contribution < -0.4 is 10.1 Å². The van der Waals surface area contributed by atoms with Gasteiger partial charge in [0, 0.05) is 21.7 Å². The lowest BCUT2D eigenvalue weighted by Crippen LogP contribution is -2.32. The molecule has 0 amide bonds. The second-order valence-electron chi connectivity index (χ2n) is 7.45. The van der Waals surface area contributed by atoms with Gasteiger partial charge >= 0.3 is 0 Å². The lowest BCUT2D eigenvalue weighted by Gasteiger charge is -2.39. The maximum Gasteiger partial charge on any atom is 0.226 e. The van der Waals surface area contributed by atoms with Gasteiger partial charge in [0.15, 0.2) is 0 Å². The van der Waals surface area contributed by atoms with E-state index in [2.05, 4.69) is 15.4 Å². The molecule has 3 aromatic carbocycles. The molecule has 6 rings (SSSR count). The van der Waals surface area contributed by atoms with Crippen LogP contribution in [-0.2, 0) is 0 Å². The number of para-hydroxylation sites is 1. The second-order valence-corrected chi connectivity index (χ2v) is 7.89. The van der Waals surface area contributed by atoms with Crippen LogP contribution in [0.1, 0.15) is 28.8 Å². The zero-order valence-corrected chi connectivity index (χ0v) is 16.9. The topological polar surface area (TPSA) is 52.0 Å². The summed E-state index contributed by atoms with van der Waals surface area (Å²) in [6, 6.07) is 21.5. The summed E-state index contributed by atoms with van der Waals surface area (Å²) in [4.78, 5) is 4.36. The fourth-order valence-electron chi connectivity index (χ4n) is 4.33. The third-order valence-corrected chi connectivity index (χ3v) is 5.95. The Morgan fingerprint density at radius 1 is 0.968 bits per heavy atom. The predicted molar refractivity (Wildman–Crippen MR) is 116 cm³/mol. The number of ether oxygens (including phenoxy) is 1. The molecule has 0 saturated heterocycles. The van der Waals surface area contributed by atoms with Gasteiger partial charge in [0.1, 0.15) is 30.0 Å². The Hall–Kier alpha value is -3.64. The van der Waals surface area contributed by atoms with Crippen molar-refractivity contribution < 1.29 is 9.13 Å². The van der Waals surface area contributed by atoms with Gasteiger partial charge in [-0.3, -0.25) is 0 Å². The van der Waals surface area contributed by atoms with E-state index in [0.717, 1.165) is 28.1 Å². The van der Waals surface area contributed by atoms with E-state index >= 15 is 4.39 Å². The van der Waals surface area contributed by atoms with Gasteiger partial charge < -0.3 is 10.1 Å². The molecule has 152 valence electrons. The number of nitrogens with zero attached hydrogens (tertiary/aromatic N) is 3. The molecule has 2 aliphatic rings. The van der Waals surface area contributed by atoms with E-state index in [-0.39, 0.29) is 5.82 Å². The number of aromatic nitrogens is 3. The first-order chi connectivity index (χ1) is 15.2. The summed E-state index contributed by atoms with van der Waals surface area (Å²) >= 11 is 6.13. The molecule has 0 aliphatic carbocycles. The highest BCUT2D eigenvalue weighted by Gasteiger charge is 2.41. The summed E-state index contributed by atoms with van der Waals surface area (Å²) in [6.07, 6.45) is 1.01. The number of hydrogen-bond acceptors (Lipinski definition) is 4. The van der Waals surface area contributed by atoms with Crippen LogP contribution in [0.4, 0.5) is 10.3 Å². The van der Waals surface area contributed by atoms with Crippen LogP contribution in [0.3, 0.4) is 0 Å². The first kappa shape index (κ1) is 18.2. The minimum Gasteiger partial charge on any atom is -0.480 e. The van der Waals surface area contributed by atoms with E-state index in [1.54, 1.807) is 16.8 Å². The van der Waals surface area contributed by atoms with Gasteiger partial charge in [-0.15, -0.1) is 0 Å². The van der Waals surface area contributed by atoms with Crippen LogP contribution in [0.2, 0.25) is 5.02 Å². The van der Waals surface area contributed by atoms with Crippen molar-refractivity contribution in [3.05, 3.63) is 112 Å². The van der Waals surface area contributed by atoms with Crippen LogP contribution in [0, 0.1) is 5.82 Å². The molecule has 3 heterocycles. The van der Waals surface area contributed by atoms with Gasteiger partial charge in [0.25, 0.3) is 0 Å². The van der Waals surface area contributed by atoms with Crippen LogP contribution >= 0.6 is 11.6 Å². The van der Waals surface area contributed by atoms with Crippen molar-refractivity contribution in [1.82, 2.24) is 14.8 Å². The van der Waals surface area contributed by atoms with Crippen molar-refractivity contribution in [3.8, 4) is 5.75 Å². The van der Waals surface area contributed by atoms with E-state index in [1.165, 1.54) is 12.4 Å². The largest absolute Gasteiger partial charge is 0.480 e. The van der Waals surface area contributed by atoms with Crippen molar-refractivity contribution in [2.24, 2.45) is 0 Å². The second kappa shape index (κ2) is 6.96. The van der Waals surface area contributed by atoms with E-state index in [1.807, 2.05) is 54.6 Å². The predicted octanol–water partition coefficient (Wildman–Crippen LogP) is 5.63. The van der Waals surface area contributed by atoms with Gasteiger partial charge in [-0.25, -0.2) is 9.07 Å². The zero-order chi connectivity index (χ0) is 20.9. The highest BCUT2D eigenvalue weighted by atomic mass is 35.5. The molecule has 2 aliphatic heterocycles. The number of benzene rings is 3. The third-order valence-electron chi connectivity index (χ3n) is 5.69. The monoisotopic (exact) mass is 430 g/mol. The Labute approximate surface area is 182 Å². The van der Waals surface area contributed by atoms with Crippen LogP contribution in [-0.4, -0.2) is 14.8 Å². The first-order valence-electron chi connectivity index (χ1n) is 9.87. The standard InChI is InChI=1S/C24H16ClFN4O/c25-15-11-9-14(10-12-15)23-20-21(17-6-2-4-8-19(17)31-23)29-24-27-13-28-30(24)22(20)16-5-1-3-7-18(16)26/h1-13,22-23H,(H,27,28,29)/t22-,23+/m1/s1. The van der Waals surface area contributed by atoms with E-state index in [0.29, 0.717) is 16.5 Å². The molecule has 0 bridgehead atoms. The maximum absolute atomic E-state index is 15.0. The van der Waals surface area contributed by atoms with E-state index in [4.69, 9.17) is 16.3 Å². The lowest BCUT2D eigenvalue weighted by atomic mass is 9.84. The lowest BCUT2D eigenvalue weighted by molar-refractivity contribution is 0.222. The molecule has 0 saturated carbocycles. The smallest absolute Gasteiger partial charge is 0.226 e. The van der Waals surface area contributed by atoms with Gasteiger partial charge in [-0.2, -0.15) is 10.1 Å². The Bertz CT molecular complexity index is 1330. The maximum atomic E-state index is 15.0. The molecule has 2 atom stereocenters. The summed E-state index contributed by atoms with van der Waals surface area (Å²) < 4.78 is 23.2. The minimum atomic E-state index is -0.524. The molecule has 31 heavy (non-hydrogen) atoms. The van der Waals surface area contributed by atoms with Crippen molar-refractivity contribution in [3.63, 3.8) is 0 Å². The van der Waals surface area contributed by atoms with Crippen molar-refractivity contribution in [2.75, 3.05) is 5.32 Å². The first-order valence-corrected chi connectivity index (χ1v) is 10.2. The summed E-state index contributed by atoms with van der Waals surface area (Å²) in [6.45, 7) is 0. The number of nitrogens with one attached hydrogen (secondary N) is 1. The van der Waals surface area contributed by atoms with Gasteiger partial charge in [0.2, 0.25) is 5.95 Å². The van der Waals surface area contributed by atoms with Crippen molar-refractivity contribution in [1.29, 1.82) is 0 Å². The number of anilines is 1. The van der Waals surface area contributed by atoms with Crippen LogP contribution in [0.15, 0.2) is 84.7 Å². The summed E-state index contributed by atoms with van der Waals surface area (Å²) in [5.41, 5.74) is 4.04. The number of halogens is 2. The third kappa shape index (κ3) is 2.83. The molecular weight excluding hydrogens is 415 g/mol. The average molecular weight is 431 g/mol. The minimum absolute atomic E-state index is 0.309. The number of fused-ring (bicyclic) bond motifs is 3. The zero-order valence-electron chi connectivity index (χ0n) is 16.2. The van der Waals surface area contributed by atoms with Crippen LogP contribution in [0.5, 0.6) is 5.75 Å². The summed E-state index contributed by atoms with van der Waals surface area (Å²) in [7, 11) is 0.